The summed E-state index contributed by atoms with van der Waals surface area (Å²) in [6, 6.07) is 2.67. The average molecular weight is 809 g/mol. The van der Waals surface area contributed by atoms with Crippen molar-refractivity contribution in [3.8, 4) is 28.2 Å². The van der Waals surface area contributed by atoms with Gasteiger partial charge in [-0.3, -0.25) is 4.79 Å². The third-order valence-electron chi connectivity index (χ3n) is 4.73. The molecule has 0 unspecified atom stereocenters. The van der Waals surface area contributed by atoms with Gasteiger partial charge in [0.1, 0.15) is 14.7 Å². The maximum atomic E-state index is 12.5. The largest absolute Gasteiger partial charge is 1.00 e. The minimum absolute atomic E-state index is 0. The Hall–Kier alpha value is 0.480. The molecule has 34 heavy (non-hydrogen) atoms. The summed E-state index contributed by atoms with van der Waals surface area (Å²) in [7, 11) is 0. The van der Waals surface area contributed by atoms with Gasteiger partial charge in [-0.25, -0.2) is 4.79 Å². The molecular formula is C20H4Br4Cl4NaO5+. The summed E-state index contributed by atoms with van der Waals surface area (Å²) in [5.41, 5.74) is -0.262. The second-order valence-corrected chi connectivity index (χ2v) is 11.4. The zero-order valence-electron chi connectivity index (χ0n) is 16.3. The molecule has 0 fully saturated rings. The summed E-state index contributed by atoms with van der Waals surface area (Å²) in [5, 5.41) is 19.8. The number of hydrogen-bond acceptors (Lipinski definition) is 4. The van der Waals surface area contributed by atoms with Gasteiger partial charge in [-0.15, -0.1) is 0 Å². The Bertz CT molecular complexity index is 1570. The standard InChI is InChI=1S/C20H4Br4Cl4O5.Na/c21-3-1-5(29)12(23)18-7(3)9(8-4(22)2-6(30)13(24)19(8)33-18)10-11(20(31)32)15(26)17(28)16(27)14(10)25;/h1-2,29H,(H,31,32);/q;+1. The van der Waals surface area contributed by atoms with Crippen LogP contribution in [0.5, 0.6) is 5.75 Å². The van der Waals surface area contributed by atoms with Gasteiger partial charge in [-0.05, 0) is 69.8 Å². The van der Waals surface area contributed by atoms with E-state index in [-0.39, 0.29) is 91.3 Å². The molecule has 1 aliphatic heterocycles. The Morgan fingerprint density at radius 2 is 1.41 bits per heavy atom. The Kier molecular flexibility index (Phi) is 9.13. The van der Waals surface area contributed by atoms with Crippen LogP contribution in [0.2, 0.25) is 20.1 Å². The van der Waals surface area contributed by atoms with Crippen molar-refractivity contribution in [2.24, 2.45) is 0 Å². The van der Waals surface area contributed by atoms with E-state index in [4.69, 9.17) is 50.8 Å². The molecule has 2 N–H and O–H groups in total. The van der Waals surface area contributed by atoms with Crippen LogP contribution in [-0.4, -0.2) is 16.2 Å². The number of phenols is 1. The molecule has 5 nitrogen and oxygen atoms in total. The van der Waals surface area contributed by atoms with Crippen LogP contribution in [0.25, 0.3) is 33.4 Å². The van der Waals surface area contributed by atoms with E-state index in [0.717, 1.165) is 0 Å². The van der Waals surface area contributed by atoms with Crippen molar-refractivity contribution in [3.05, 3.63) is 65.9 Å². The number of carboxylic acid groups (broad SMARTS) is 1. The molecule has 1 heterocycles. The van der Waals surface area contributed by atoms with Gasteiger partial charge >= 0.3 is 35.5 Å². The minimum Gasteiger partial charge on any atom is -0.507 e. The maximum Gasteiger partial charge on any atom is 1.00 e. The van der Waals surface area contributed by atoms with E-state index in [0.29, 0.717) is 15.4 Å². The van der Waals surface area contributed by atoms with Gasteiger partial charge in [0, 0.05) is 37.1 Å². The van der Waals surface area contributed by atoms with Gasteiger partial charge in [-0.1, -0.05) is 46.4 Å². The van der Waals surface area contributed by atoms with Gasteiger partial charge in [-0.2, -0.15) is 0 Å². The summed E-state index contributed by atoms with van der Waals surface area (Å²) in [6.45, 7) is 0. The fraction of sp³-hybridized carbons (Fsp3) is 0. The molecule has 2 aromatic rings. The zero-order valence-corrected chi connectivity index (χ0v) is 27.7. The molecule has 170 valence electrons. The average Bonchev–Trinajstić information content (AvgIpc) is 2.75. The first-order valence-electron chi connectivity index (χ1n) is 8.43. The van der Waals surface area contributed by atoms with Gasteiger partial charge < -0.3 is 14.6 Å². The predicted octanol–water partition coefficient (Wildman–Crippen LogP) is 6.64. The van der Waals surface area contributed by atoms with Gasteiger partial charge in [0.15, 0.2) is 16.8 Å². The van der Waals surface area contributed by atoms with E-state index in [1.165, 1.54) is 12.1 Å². The summed E-state index contributed by atoms with van der Waals surface area (Å²) in [6.07, 6.45) is 0. The van der Waals surface area contributed by atoms with Crippen molar-refractivity contribution in [1.82, 2.24) is 0 Å². The van der Waals surface area contributed by atoms with Gasteiger partial charge in [0.2, 0.25) is 0 Å². The normalized spacial score (nSPS) is 11.2. The monoisotopic (exact) mass is 803 g/mol. The summed E-state index contributed by atoms with van der Waals surface area (Å²) < 4.78 is 6.87. The molecule has 0 amide bonds. The molecule has 0 aromatic heterocycles. The summed E-state index contributed by atoms with van der Waals surface area (Å²) in [4.78, 5) is 24.8. The molecular weight excluding hydrogens is 805 g/mol. The Balaban J connectivity index is 0.00000324. The molecule has 0 saturated carbocycles. The summed E-state index contributed by atoms with van der Waals surface area (Å²) in [5.74, 6) is -1.53. The molecule has 4 rings (SSSR count). The van der Waals surface area contributed by atoms with Crippen molar-refractivity contribution in [2.75, 3.05) is 0 Å². The maximum absolute atomic E-state index is 12.5. The number of halogens is 8. The second-order valence-electron chi connectivity index (χ2n) is 6.56. The molecule has 0 spiro atoms. The van der Waals surface area contributed by atoms with Crippen LogP contribution in [0, 0.1) is 0 Å². The number of aromatic carboxylic acids is 1. The minimum atomic E-state index is -1.41. The first kappa shape index (κ1) is 29.0. The fourth-order valence-corrected chi connectivity index (χ4v) is 6.37. The number of carboxylic acids is 1. The van der Waals surface area contributed by atoms with Crippen LogP contribution >= 0.6 is 110 Å². The first-order valence-corrected chi connectivity index (χ1v) is 13.1. The number of aromatic hydroxyl groups is 1. The number of carbonyl (C=O) groups is 1. The third kappa shape index (κ3) is 4.51. The zero-order chi connectivity index (χ0) is 24.5. The quantitative estimate of drug-likeness (QED) is 0.103. The van der Waals surface area contributed by atoms with E-state index < -0.39 is 17.0 Å². The number of fused-ring (bicyclic) bond motifs is 2. The van der Waals surface area contributed by atoms with E-state index in [2.05, 4.69) is 63.7 Å². The van der Waals surface area contributed by atoms with Crippen molar-refractivity contribution in [2.45, 2.75) is 0 Å². The van der Waals surface area contributed by atoms with Crippen LogP contribution in [0.3, 0.4) is 0 Å². The van der Waals surface area contributed by atoms with Crippen molar-refractivity contribution in [3.63, 3.8) is 0 Å². The molecule has 2 aromatic carbocycles. The van der Waals surface area contributed by atoms with Crippen LogP contribution in [0.15, 0.2) is 39.2 Å². The first-order chi connectivity index (χ1) is 15.4. The van der Waals surface area contributed by atoms with Gasteiger partial charge in [0.25, 0.3) is 0 Å². The number of phenolic OH excluding ortho intramolecular Hbond substituents is 1. The molecule has 1 aliphatic carbocycles. The summed E-state index contributed by atoms with van der Waals surface area (Å²) >= 11 is 38.6. The Labute approximate surface area is 266 Å². The van der Waals surface area contributed by atoms with E-state index in [1.54, 1.807) is 0 Å². The Morgan fingerprint density at radius 1 is 0.824 bits per heavy atom. The van der Waals surface area contributed by atoms with Gasteiger partial charge in [0.05, 0.1) is 25.7 Å². The van der Waals surface area contributed by atoms with Crippen LogP contribution in [-0.2, 0) is 0 Å². The van der Waals surface area contributed by atoms with E-state index in [1.807, 2.05) is 0 Å². The molecule has 0 atom stereocenters. The van der Waals surface area contributed by atoms with Crippen molar-refractivity contribution >= 4 is 127 Å². The number of hydrogen-bond donors (Lipinski definition) is 2. The van der Waals surface area contributed by atoms with E-state index in [9.17, 15) is 19.8 Å². The van der Waals surface area contributed by atoms with E-state index >= 15 is 0 Å². The van der Waals surface area contributed by atoms with Crippen LogP contribution < -0.4 is 35.0 Å². The molecule has 14 heteroatoms. The molecule has 0 bridgehead atoms. The van der Waals surface area contributed by atoms with Crippen LogP contribution in [0.4, 0.5) is 0 Å². The predicted molar refractivity (Wildman–Crippen MR) is 144 cm³/mol. The van der Waals surface area contributed by atoms with Crippen molar-refractivity contribution < 1.29 is 49.0 Å². The third-order valence-corrected chi connectivity index (χ3v) is 9.30. The Morgan fingerprint density at radius 3 is 2.00 bits per heavy atom. The van der Waals surface area contributed by atoms with Crippen LogP contribution in [0.1, 0.15) is 10.4 Å². The topological polar surface area (TPSA) is 87.7 Å². The molecule has 0 saturated heterocycles. The second kappa shape index (κ2) is 10.7. The number of rotatable bonds is 2. The SMILES string of the molecule is O=C(O)c1c(Cl)c(Cl)c(Cl)c(Cl)c1-c1c2c(Br)cc(=O)c(Br)c-2oc2c(Br)c(O)cc(Br)c12.[Na+]. The fourth-order valence-electron chi connectivity index (χ4n) is 3.37. The molecule has 0 radical (unpaired) electrons. The number of benzene rings is 3. The smallest absolute Gasteiger partial charge is 0.507 e. The molecule has 2 aliphatic rings. The van der Waals surface area contributed by atoms with Crippen molar-refractivity contribution in [1.29, 1.82) is 0 Å².